The Kier molecular flexibility index (Phi) is 5.19. The molecule has 0 spiro atoms. The number of hydrogen-bond donors (Lipinski definition) is 0. The zero-order chi connectivity index (χ0) is 16.8. The second-order valence-electron chi connectivity index (χ2n) is 4.90. The smallest absolute Gasteiger partial charge is 0.146 e. The zero-order valence-electron chi connectivity index (χ0n) is 12.6. The molecule has 0 saturated heterocycles. The highest BCUT2D eigenvalue weighted by atomic mass is 35.5. The summed E-state index contributed by atoms with van der Waals surface area (Å²) in [5.74, 6) is 12.2. The van der Waals surface area contributed by atoms with Crippen LogP contribution in [0.5, 0.6) is 0 Å². The van der Waals surface area contributed by atoms with E-state index in [0.29, 0.717) is 11.1 Å². The van der Waals surface area contributed by atoms with Crippen molar-refractivity contribution in [2.24, 2.45) is 0 Å². The van der Waals surface area contributed by atoms with E-state index in [9.17, 15) is 0 Å². The lowest BCUT2D eigenvalue weighted by molar-refractivity contribution is 1.30. The minimum atomic E-state index is 0.272. The molecule has 0 saturated carbocycles. The quantitative estimate of drug-likeness (QED) is 0.403. The molecular weight excluding hydrogens is 337 g/mol. The van der Waals surface area contributed by atoms with Crippen molar-refractivity contribution >= 4 is 23.2 Å². The van der Waals surface area contributed by atoms with E-state index in [0.717, 1.165) is 11.1 Å². The SMILES string of the molecule is Clc1nc(Cl)c(C#Cc2ccccc2)cc1C#Cc1ccccc1. The molecule has 0 radical (unpaired) electrons. The van der Waals surface area contributed by atoms with Crippen molar-refractivity contribution in [1.29, 1.82) is 0 Å². The van der Waals surface area contributed by atoms with Crippen LogP contribution in [0.3, 0.4) is 0 Å². The van der Waals surface area contributed by atoms with E-state index in [-0.39, 0.29) is 10.3 Å². The first-order valence-electron chi connectivity index (χ1n) is 7.22. The number of pyridine rings is 1. The maximum Gasteiger partial charge on any atom is 0.146 e. The normalized spacial score (nSPS) is 9.42. The minimum absolute atomic E-state index is 0.272. The van der Waals surface area contributed by atoms with Crippen LogP contribution >= 0.6 is 23.2 Å². The molecule has 0 aliphatic heterocycles. The molecule has 3 aromatic rings. The molecule has 3 heteroatoms. The molecule has 0 aliphatic rings. The Hall–Kier alpha value is -2.71. The first-order valence-corrected chi connectivity index (χ1v) is 7.98. The Labute approximate surface area is 151 Å². The Bertz CT molecular complexity index is 894. The highest BCUT2D eigenvalue weighted by molar-refractivity contribution is 6.33. The lowest BCUT2D eigenvalue weighted by atomic mass is 10.1. The van der Waals surface area contributed by atoms with Crippen LogP contribution in [0.4, 0.5) is 0 Å². The lowest BCUT2D eigenvalue weighted by Crippen LogP contribution is -1.89. The predicted molar refractivity (Wildman–Crippen MR) is 99.1 cm³/mol. The molecule has 3 rings (SSSR count). The van der Waals surface area contributed by atoms with Crippen LogP contribution in [-0.4, -0.2) is 4.98 Å². The van der Waals surface area contributed by atoms with Gasteiger partial charge in [-0.15, -0.1) is 0 Å². The molecular formula is C21H11Cl2N. The van der Waals surface area contributed by atoms with E-state index in [1.807, 2.05) is 60.7 Å². The Morgan fingerprint density at radius 1 is 0.583 bits per heavy atom. The first kappa shape index (κ1) is 16.2. The van der Waals surface area contributed by atoms with Gasteiger partial charge in [0.05, 0.1) is 11.1 Å². The number of hydrogen-bond acceptors (Lipinski definition) is 1. The summed E-state index contributed by atoms with van der Waals surface area (Å²) < 4.78 is 0. The zero-order valence-corrected chi connectivity index (χ0v) is 14.1. The molecule has 0 atom stereocenters. The average molecular weight is 348 g/mol. The molecule has 1 aromatic heterocycles. The molecule has 2 aromatic carbocycles. The van der Waals surface area contributed by atoms with E-state index in [4.69, 9.17) is 23.2 Å². The predicted octanol–water partition coefficient (Wildman–Crippen LogP) is 5.19. The second kappa shape index (κ2) is 7.71. The molecule has 0 amide bonds. The second-order valence-corrected chi connectivity index (χ2v) is 5.61. The average Bonchev–Trinajstić information content (AvgIpc) is 2.62. The molecule has 0 unspecified atom stereocenters. The fourth-order valence-corrected chi connectivity index (χ4v) is 2.38. The van der Waals surface area contributed by atoms with E-state index >= 15 is 0 Å². The van der Waals surface area contributed by atoms with Crippen molar-refractivity contribution in [2.45, 2.75) is 0 Å². The first-order chi connectivity index (χ1) is 11.7. The molecule has 0 fully saturated rings. The molecule has 0 aliphatic carbocycles. The standard InChI is InChI=1S/C21H11Cl2N/c22-20-18(13-11-16-7-3-1-4-8-16)15-19(21(23)24-20)14-12-17-9-5-2-6-10-17/h1-10,15H. The summed E-state index contributed by atoms with van der Waals surface area (Å²) in [6.45, 7) is 0. The Balaban J connectivity index is 1.95. The van der Waals surface area contributed by atoms with E-state index < -0.39 is 0 Å². The van der Waals surface area contributed by atoms with Gasteiger partial charge in [-0.3, -0.25) is 0 Å². The summed E-state index contributed by atoms with van der Waals surface area (Å²) in [6.07, 6.45) is 0. The summed E-state index contributed by atoms with van der Waals surface area (Å²) in [7, 11) is 0. The highest BCUT2D eigenvalue weighted by Crippen LogP contribution is 2.20. The van der Waals surface area contributed by atoms with Crippen LogP contribution in [0.25, 0.3) is 0 Å². The van der Waals surface area contributed by atoms with Crippen LogP contribution < -0.4 is 0 Å². The minimum Gasteiger partial charge on any atom is -0.222 e. The van der Waals surface area contributed by atoms with Gasteiger partial charge < -0.3 is 0 Å². The molecule has 1 heterocycles. The van der Waals surface area contributed by atoms with Gasteiger partial charge in [0.25, 0.3) is 0 Å². The van der Waals surface area contributed by atoms with Gasteiger partial charge in [-0.05, 0) is 30.3 Å². The van der Waals surface area contributed by atoms with Gasteiger partial charge >= 0.3 is 0 Å². The van der Waals surface area contributed by atoms with Gasteiger partial charge in [0.15, 0.2) is 0 Å². The van der Waals surface area contributed by atoms with Crippen LogP contribution in [-0.2, 0) is 0 Å². The van der Waals surface area contributed by atoms with Gasteiger partial charge in [-0.25, -0.2) is 4.98 Å². The van der Waals surface area contributed by atoms with Crippen LogP contribution in [0.2, 0.25) is 10.3 Å². The molecule has 24 heavy (non-hydrogen) atoms. The fourth-order valence-electron chi connectivity index (χ4n) is 1.97. The number of rotatable bonds is 0. The number of benzene rings is 2. The summed E-state index contributed by atoms with van der Waals surface area (Å²) in [5.41, 5.74) is 3.01. The van der Waals surface area contributed by atoms with Crippen LogP contribution in [0.1, 0.15) is 22.3 Å². The highest BCUT2D eigenvalue weighted by Gasteiger charge is 2.06. The molecule has 0 bridgehead atoms. The van der Waals surface area contributed by atoms with E-state index in [1.54, 1.807) is 6.07 Å². The maximum absolute atomic E-state index is 6.14. The number of aromatic nitrogens is 1. The lowest BCUT2D eigenvalue weighted by Gasteiger charge is -2.00. The van der Waals surface area contributed by atoms with Crippen molar-refractivity contribution in [3.63, 3.8) is 0 Å². The van der Waals surface area contributed by atoms with Crippen molar-refractivity contribution in [2.75, 3.05) is 0 Å². The summed E-state index contributed by atoms with van der Waals surface area (Å²) >= 11 is 12.3. The monoisotopic (exact) mass is 347 g/mol. The third-order valence-electron chi connectivity index (χ3n) is 3.16. The summed E-state index contributed by atoms with van der Waals surface area (Å²) in [6, 6.07) is 21.1. The van der Waals surface area contributed by atoms with Gasteiger partial charge in [0.1, 0.15) is 10.3 Å². The Morgan fingerprint density at radius 2 is 1.00 bits per heavy atom. The van der Waals surface area contributed by atoms with Crippen LogP contribution in [0.15, 0.2) is 66.7 Å². The largest absolute Gasteiger partial charge is 0.222 e. The number of halogens is 2. The van der Waals surface area contributed by atoms with Crippen molar-refractivity contribution in [1.82, 2.24) is 4.98 Å². The van der Waals surface area contributed by atoms with Crippen molar-refractivity contribution in [3.05, 3.63) is 99.3 Å². The van der Waals surface area contributed by atoms with Gasteiger partial charge in [-0.2, -0.15) is 0 Å². The fraction of sp³-hybridized carbons (Fsp3) is 0. The number of nitrogens with zero attached hydrogens (tertiary/aromatic N) is 1. The van der Waals surface area contributed by atoms with E-state index in [2.05, 4.69) is 28.7 Å². The van der Waals surface area contributed by atoms with Crippen molar-refractivity contribution in [3.8, 4) is 23.7 Å². The van der Waals surface area contributed by atoms with E-state index in [1.165, 1.54) is 0 Å². The van der Waals surface area contributed by atoms with Crippen molar-refractivity contribution < 1.29 is 0 Å². The Morgan fingerprint density at radius 3 is 1.42 bits per heavy atom. The van der Waals surface area contributed by atoms with Crippen LogP contribution in [0, 0.1) is 23.7 Å². The molecule has 114 valence electrons. The third-order valence-corrected chi connectivity index (χ3v) is 3.74. The third kappa shape index (κ3) is 4.18. The summed E-state index contributed by atoms with van der Waals surface area (Å²) in [5, 5.41) is 0.544. The summed E-state index contributed by atoms with van der Waals surface area (Å²) in [4.78, 5) is 4.12. The molecule has 0 N–H and O–H groups in total. The molecule has 1 nitrogen and oxygen atoms in total. The van der Waals surface area contributed by atoms with Gasteiger partial charge in [-0.1, -0.05) is 83.3 Å². The maximum atomic E-state index is 6.14. The van der Waals surface area contributed by atoms with Gasteiger partial charge in [0.2, 0.25) is 0 Å². The topological polar surface area (TPSA) is 12.9 Å². The van der Waals surface area contributed by atoms with Gasteiger partial charge in [0, 0.05) is 11.1 Å².